The summed E-state index contributed by atoms with van der Waals surface area (Å²) < 4.78 is 10.7. The lowest BCUT2D eigenvalue weighted by Gasteiger charge is -2.34. The molecule has 0 aromatic heterocycles. The predicted molar refractivity (Wildman–Crippen MR) is 73.1 cm³/mol. The third-order valence-corrected chi connectivity index (χ3v) is 3.52. The monoisotopic (exact) mass is 263 g/mol. The molecular formula is C15H21NO3. The number of hydrogen-bond acceptors (Lipinski definition) is 4. The van der Waals surface area contributed by atoms with Crippen molar-refractivity contribution in [2.24, 2.45) is 0 Å². The minimum atomic E-state index is -0.309. The first-order valence-electron chi connectivity index (χ1n) is 6.65. The molecule has 1 fully saturated rings. The number of rotatable bonds is 4. The van der Waals surface area contributed by atoms with Crippen LogP contribution >= 0.6 is 0 Å². The fraction of sp³-hybridized carbons (Fsp3) is 0.533. The van der Waals surface area contributed by atoms with Crippen LogP contribution in [0.2, 0.25) is 0 Å². The number of hydrogen-bond donors (Lipinski definition) is 1. The predicted octanol–water partition coefficient (Wildman–Crippen LogP) is 2.13. The minimum Gasteiger partial charge on any atom is -0.465 e. The van der Waals surface area contributed by atoms with Crippen molar-refractivity contribution in [1.29, 1.82) is 0 Å². The van der Waals surface area contributed by atoms with Crippen LogP contribution in [-0.4, -0.2) is 31.8 Å². The van der Waals surface area contributed by atoms with Crippen molar-refractivity contribution < 1.29 is 14.3 Å². The van der Waals surface area contributed by atoms with Crippen molar-refractivity contribution in [2.45, 2.75) is 32.0 Å². The molecule has 1 aromatic carbocycles. The second-order valence-corrected chi connectivity index (χ2v) is 5.21. The maximum absolute atomic E-state index is 11.3. The normalized spacial score (nSPS) is 23.1. The molecule has 1 aliphatic rings. The summed E-state index contributed by atoms with van der Waals surface area (Å²) in [6, 6.07) is 7.36. The Hall–Kier alpha value is -1.39. The first-order valence-corrected chi connectivity index (χ1v) is 6.65. The third-order valence-electron chi connectivity index (χ3n) is 3.52. The molecule has 104 valence electrons. The Kier molecular flexibility index (Phi) is 4.56. The molecule has 1 aliphatic heterocycles. The number of benzene rings is 1. The van der Waals surface area contributed by atoms with E-state index in [1.807, 2.05) is 12.1 Å². The van der Waals surface area contributed by atoms with Crippen LogP contribution in [0.25, 0.3) is 0 Å². The second-order valence-electron chi connectivity index (χ2n) is 5.21. The molecule has 1 N–H and O–H groups in total. The maximum Gasteiger partial charge on any atom is 0.337 e. The molecule has 0 saturated carbocycles. The summed E-state index contributed by atoms with van der Waals surface area (Å²) in [7, 11) is 1.39. The quantitative estimate of drug-likeness (QED) is 0.845. The van der Waals surface area contributed by atoms with E-state index in [2.05, 4.69) is 17.0 Å². The molecule has 4 nitrogen and oxygen atoms in total. The summed E-state index contributed by atoms with van der Waals surface area (Å²) in [5.74, 6) is -0.309. The zero-order chi connectivity index (χ0) is 13.7. The molecule has 2 rings (SSSR count). The van der Waals surface area contributed by atoms with Crippen LogP contribution in [0, 0.1) is 0 Å². The van der Waals surface area contributed by atoms with Gasteiger partial charge in [-0.3, -0.25) is 0 Å². The van der Waals surface area contributed by atoms with Crippen molar-refractivity contribution in [3.05, 3.63) is 35.4 Å². The van der Waals surface area contributed by atoms with Crippen LogP contribution in [0.5, 0.6) is 0 Å². The summed E-state index contributed by atoms with van der Waals surface area (Å²) in [5, 5.41) is 3.36. The lowest BCUT2D eigenvalue weighted by atomic mass is 9.96. The summed E-state index contributed by atoms with van der Waals surface area (Å²) in [5.41, 5.74) is 1.55. The summed E-state index contributed by atoms with van der Waals surface area (Å²) in [6.07, 6.45) is 2.23. The van der Waals surface area contributed by atoms with Gasteiger partial charge in [-0.25, -0.2) is 4.79 Å². The Morgan fingerprint density at radius 3 is 2.68 bits per heavy atom. The number of esters is 1. The summed E-state index contributed by atoms with van der Waals surface area (Å²) in [4.78, 5) is 11.3. The van der Waals surface area contributed by atoms with E-state index in [0.29, 0.717) is 12.2 Å². The van der Waals surface area contributed by atoms with Crippen LogP contribution in [0.1, 0.15) is 35.7 Å². The van der Waals surface area contributed by atoms with Gasteiger partial charge in [-0.2, -0.15) is 0 Å². The molecule has 0 radical (unpaired) electrons. The molecule has 1 unspecified atom stereocenters. The van der Waals surface area contributed by atoms with Gasteiger partial charge in [-0.15, -0.1) is 0 Å². The van der Waals surface area contributed by atoms with E-state index in [1.54, 1.807) is 12.1 Å². The minimum absolute atomic E-state index is 0.0841. The van der Waals surface area contributed by atoms with Crippen molar-refractivity contribution >= 4 is 5.97 Å². The molecule has 19 heavy (non-hydrogen) atoms. The fourth-order valence-corrected chi connectivity index (χ4v) is 2.26. The Morgan fingerprint density at radius 1 is 1.37 bits per heavy atom. The molecule has 0 amide bonds. The van der Waals surface area contributed by atoms with E-state index in [1.165, 1.54) is 7.11 Å². The van der Waals surface area contributed by atoms with Gasteiger partial charge in [0.15, 0.2) is 0 Å². The highest BCUT2D eigenvalue weighted by molar-refractivity contribution is 5.89. The number of ether oxygens (including phenoxy) is 2. The molecule has 1 atom stereocenters. The average Bonchev–Trinajstić information content (AvgIpc) is 2.46. The number of carbonyl (C=O) groups excluding carboxylic acids is 1. The highest BCUT2D eigenvalue weighted by Crippen LogP contribution is 2.21. The Morgan fingerprint density at radius 2 is 2.11 bits per heavy atom. The second kappa shape index (κ2) is 6.17. The van der Waals surface area contributed by atoms with Gasteiger partial charge in [-0.05, 0) is 44.0 Å². The average molecular weight is 263 g/mol. The zero-order valence-corrected chi connectivity index (χ0v) is 11.6. The topological polar surface area (TPSA) is 47.6 Å². The van der Waals surface area contributed by atoms with Crippen LogP contribution in [-0.2, 0) is 16.1 Å². The fourth-order valence-electron chi connectivity index (χ4n) is 2.26. The Labute approximate surface area is 114 Å². The van der Waals surface area contributed by atoms with Gasteiger partial charge in [0, 0.05) is 6.54 Å². The zero-order valence-electron chi connectivity index (χ0n) is 11.6. The molecule has 0 aliphatic carbocycles. The van der Waals surface area contributed by atoms with Crippen LogP contribution in [0.4, 0.5) is 0 Å². The lowest BCUT2D eigenvalue weighted by molar-refractivity contribution is -0.0571. The molecule has 4 heteroatoms. The Bertz CT molecular complexity index is 422. The van der Waals surface area contributed by atoms with Gasteiger partial charge in [0.05, 0.1) is 24.9 Å². The number of nitrogens with one attached hydrogen (secondary N) is 1. The highest BCUT2D eigenvalue weighted by Gasteiger charge is 2.27. The van der Waals surface area contributed by atoms with Gasteiger partial charge >= 0.3 is 5.97 Å². The van der Waals surface area contributed by atoms with E-state index in [0.717, 1.165) is 31.5 Å². The van der Waals surface area contributed by atoms with E-state index < -0.39 is 0 Å². The van der Waals surface area contributed by atoms with Crippen LogP contribution in [0.15, 0.2) is 24.3 Å². The molecular weight excluding hydrogens is 242 g/mol. The van der Waals surface area contributed by atoms with E-state index >= 15 is 0 Å². The smallest absolute Gasteiger partial charge is 0.337 e. The first-order chi connectivity index (χ1) is 9.13. The number of methoxy groups -OCH3 is 1. The molecule has 1 saturated heterocycles. The standard InChI is InChI=1S/C15H21NO3/c1-15(8-3-9-16-11-15)19-10-12-4-6-13(7-5-12)14(17)18-2/h4-7,16H,3,8-11H2,1-2H3. The van der Waals surface area contributed by atoms with E-state index in [4.69, 9.17) is 4.74 Å². The SMILES string of the molecule is COC(=O)c1ccc(COC2(C)CCCNC2)cc1. The van der Waals surface area contributed by atoms with Crippen molar-refractivity contribution in [3.63, 3.8) is 0 Å². The van der Waals surface area contributed by atoms with E-state index in [9.17, 15) is 4.79 Å². The van der Waals surface area contributed by atoms with Crippen LogP contribution in [0.3, 0.4) is 0 Å². The third kappa shape index (κ3) is 3.78. The van der Waals surface area contributed by atoms with Crippen molar-refractivity contribution in [3.8, 4) is 0 Å². The van der Waals surface area contributed by atoms with Crippen molar-refractivity contribution in [2.75, 3.05) is 20.2 Å². The molecule has 1 heterocycles. The molecule has 1 aromatic rings. The Balaban J connectivity index is 1.91. The maximum atomic E-state index is 11.3. The molecule has 0 bridgehead atoms. The summed E-state index contributed by atoms with van der Waals surface area (Å²) >= 11 is 0. The van der Waals surface area contributed by atoms with Crippen molar-refractivity contribution in [1.82, 2.24) is 5.32 Å². The molecule has 0 spiro atoms. The van der Waals surface area contributed by atoms with E-state index in [-0.39, 0.29) is 11.6 Å². The van der Waals surface area contributed by atoms with Crippen LogP contribution < -0.4 is 5.32 Å². The van der Waals surface area contributed by atoms with Gasteiger partial charge in [0.25, 0.3) is 0 Å². The van der Waals surface area contributed by atoms with Gasteiger partial charge < -0.3 is 14.8 Å². The first kappa shape index (κ1) is 14.0. The number of carbonyl (C=O) groups is 1. The number of piperidine rings is 1. The largest absolute Gasteiger partial charge is 0.465 e. The summed E-state index contributed by atoms with van der Waals surface area (Å²) in [6.45, 7) is 4.68. The van der Waals surface area contributed by atoms with Gasteiger partial charge in [0.2, 0.25) is 0 Å². The highest BCUT2D eigenvalue weighted by atomic mass is 16.5. The van der Waals surface area contributed by atoms with Gasteiger partial charge in [-0.1, -0.05) is 12.1 Å². The lowest BCUT2D eigenvalue weighted by Crippen LogP contribution is -2.45. The van der Waals surface area contributed by atoms with Gasteiger partial charge in [0.1, 0.15) is 0 Å².